The van der Waals surface area contributed by atoms with Gasteiger partial charge in [0.15, 0.2) is 0 Å². The van der Waals surface area contributed by atoms with E-state index in [1.807, 2.05) is 24.3 Å². The van der Waals surface area contributed by atoms with Crippen molar-refractivity contribution in [3.63, 3.8) is 0 Å². The van der Waals surface area contributed by atoms with Crippen molar-refractivity contribution in [2.75, 3.05) is 26.3 Å². The Balaban J connectivity index is 0.000000162. The number of nitrogens with zero attached hydrogens (tertiary/aromatic N) is 3. The molecule has 0 bridgehead atoms. The largest absolute Gasteiger partial charge is 0.472 e. The zero-order chi connectivity index (χ0) is 19.2. The number of H-pyrrole nitrogens is 1. The van der Waals surface area contributed by atoms with Crippen molar-refractivity contribution in [3.8, 4) is 5.88 Å². The van der Waals surface area contributed by atoms with Crippen LogP contribution >= 0.6 is 11.6 Å². The van der Waals surface area contributed by atoms with E-state index in [2.05, 4.69) is 25.3 Å². The van der Waals surface area contributed by atoms with E-state index in [1.54, 1.807) is 12.4 Å². The molecular formula is C20H24ClN5O2. The molecule has 7 nitrogen and oxygen atoms in total. The fraction of sp³-hybridized carbons (Fsp3) is 0.450. The van der Waals surface area contributed by atoms with Gasteiger partial charge in [-0.3, -0.25) is 4.98 Å². The number of halogens is 1. The summed E-state index contributed by atoms with van der Waals surface area (Å²) in [5.74, 6) is 1.15. The van der Waals surface area contributed by atoms with Crippen LogP contribution in [0.25, 0.3) is 11.0 Å². The van der Waals surface area contributed by atoms with Gasteiger partial charge in [-0.1, -0.05) is 12.1 Å². The second-order valence-electron chi connectivity index (χ2n) is 6.91. The molecular weight excluding hydrogens is 378 g/mol. The number of ether oxygens (including phenoxy) is 2. The molecule has 2 aliphatic heterocycles. The summed E-state index contributed by atoms with van der Waals surface area (Å²) in [4.78, 5) is 15.8. The maximum absolute atomic E-state index is 5.98. The topological polar surface area (TPSA) is 85.0 Å². The van der Waals surface area contributed by atoms with E-state index >= 15 is 0 Å². The van der Waals surface area contributed by atoms with E-state index in [4.69, 9.17) is 21.1 Å². The van der Waals surface area contributed by atoms with Gasteiger partial charge in [0.1, 0.15) is 11.8 Å². The molecule has 1 atom stereocenters. The number of benzene rings is 1. The van der Waals surface area contributed by atoms with Gasteiger partial charge in [0.25, 0.3) is 0 Å². The molecule has 5 rings (SSSR count). The Bertz CT molecular complexity index is 858. The zero-order valence-corrected chi connectivity index (χ0v) is 16.4. The van der Waals surface area contributed by atoms with Crippen molar-refractivity contribution >= 4 is 22.6 Å². The Morgan fingerprint density at radius 1 is 1.07 bits per heavy atom. The highest BCUT2D eigenvalue weighted by Crippen LogP contribution is 2.31. The van der Waals surface area contributed by atoms with Crippen molar-refractivity contribution in [2.45, 2.75) is 31.3 Å². The molecule has 2 fully saturated rings. The number of aromatic amines is 1. The molecule has 0 aliphatic carbocycles. The smallest absolute Gasteiger partial charge is 0.236 e. The van der Waals surface area contributed by atoms with Crippen molar-refractivity contribution in [1.82, 2.24) is 25.3 Å². The van der Waals surface area contributed by atoms with Gasteiger partial charge < -0.3 is 19.8 Å². The van der Waals surface area contributed by atoms with Gasteiger partial charge in [-0.15, -0.1) is 0 Å². The van der Waals surface area contributed by atoms with E-state index in [-0.39, 0.29) is 6.10 Å². The molecule has 4 heterocycles. The Morgan fingerprint density at radius 2 is 1.89 bits per heavy atom. The minimum absolute atomic E-state index is 0.236. The van der Waals surface area contributed by atoms with Crippen LogP contribution in [0.3, 0.4) is 0 Å². The molecule has 0 spiro atoms. The number of imidazole rings is 1. The Labute approximate surface area is 168 Å². The van der Waals surface area contributed by atoms with Crippen LogP contribution in [0.2, 0.25) is 5.28 Å². The summed E-state index contributed by atoms with van der Waals surface area (Å²) in [6.45, 7) is 3.55. The molecule has 2 N–H and O–H groups in total. The normalized spacial score (nSPS) is 20.0. The van der Waals surface area contributed by atoms with Crippen LogP contribution in [0.5, 0.6) is 5.88 Å². The number of hydrogen-bond donors (Lipinski definition) is 2. The maximum Gasteiger partial charge on any atom is 0.236 e. The number of nitrogens with one attached hydrogen (secondary N) is 2. The van der Waals surface area contributed by atoms with Crippen molar-refractivity contribution in [2.24, 2.45) is 0 Å². The van der Waals surface area contributed by atoms with Crippen molar-refractivity contribution in [3.05, 3.63) is 47.6 Å². The highest BCUT2D eigenvalue weighted by molar-refractivity contribution is 6.29. The SMILES string of the molecule is Clc1nc2ccccc2[nH]1.c1cnc(C2CCOCC2)c(O[C@H]2CCNC2)n1. The van der Waals surface area contributed by atoms with Gasteiger partial charge in [0.05, 0.1) is 11.0 Å². The van der Waals surface area contributed by atoms with Crippen molar-refractivity contribution < 1.29 is 9.47 Å². The summed E-state index contributed by atoms with van der Waals surface area (Å²) in [7, 11) is 0. The summed E-state index contributed by atoms with van der Waals surface area (Å²) in [5, 5.41) is 3.74. The fourth-order valence-electron chi connectivity index (χ4n) is 3.49. The first-order valence-corrected chi connectivity index (χ1v) is 10.0. The van der Waals surface area contributed by atoms with Crippen LogP contribution in [0, 0.1) is 0 Å². The highest BCUT2D eigenvalue weighted by atomic mass is 35.5. The highest BCUT2D eigenvalue weighted by Gasteiger charge is 2.24. The van der Waals surface area contributed by atoms with Gasteiger partial charge in [0.2, 0.25) is 11.2 Å². The average Bonchev–Trinajstić information content (AvgIpc) is 3.38. The minimum atomic E-state index is 0.236. The summed E-state index contributed by atoms with van der Waals surface area (Å²) in [6, 6.07) is 7.72. The number of fused-ring (bicyclic) bond motifs is 1. The monoisotopic (exact) mass is 401 g/mol. The molecule has 0 amide bonds. The molecule has 0 unspecified atom stereocenters. The molecule has 0 radical (unpaired) electrons. The first-order chi connectivity index (χ1) is 13.8. The van der Waals surface area contributed by atoms with Crippen LogP contribution in [0.4, 0.5) is 0 Å². The minimum Gasteiger partial charge on any atom is -0.472 e. The molecule has 1 aromatic carbocycles. The average molecular weight is 402 g/mol. The Kier molecular flexibility index (Phi) is 6.36. The third-order valence-corrected chi connectivity index (χ3v) is 5.13. The quantitative estimate of drug-likeness (QED) is 0.700. The molecule has 0 saturated carbocycles. The molecule has 2 aliphatic rings. The zero-order valence-electron chi connectivity index (χ0n) is 15.6. The van der Waals surface area contributed by atoms with Gasteiger partial charge in [0, 0.05) is 38.1 Å². The lowest BCUT2D eigenvalue weighted by Crippen LogP contribution is -2.22. The summed E-state index contributed by atoms with van der Waals surface area (Å²) in [6.07, 6.45) is 6.77. The van der Waals surface area contributed by atoms with Gasteiger partial charge in [-0.05, 0) is 49.5 Å². The lowest BCUT2D eigenvalue weighted by molar-refractivity contribution is 0.0829. The lowest BCUT2D eigenvalue weighted by atomic mass is 9.96. The molecule has 28 heavy (non-hydrogen) atoms. The Hall–Kier alpha value is -2.22. The van der Waals surface area contributed by atoms with Crippen LogP contribution in [-0.2, 0) is 4.74 Å². The third-order valence-electron chi connectivity index (χ3n) is 4.95. The molecule has 2 aromatic heterocycles. The van der Waals surface area contributed by atoms with Gasteiger partial charge in [-0.25, -0.2) is 9.97 Å². The van der Waals surface area contributed by atoms with Gasteiger partial charge >= 0.3 is 0 Å². The number of para-hydroxylation sites is 2. The predicted molar refractivity (Wildman–Crippen MR) is 108 cm³/mol. The van der Waals surface area contributed by atoms with E-state index in [1.165, 1.54) is 0 Å². The van der Waals surface area contributed by atoms with Crippen LogP contribution in [-0.4, -0.2) is 52.3 Å². The summed E-state index contributed by atoms with van der Waals surface area (Å²) in [5.41, 5.74) is 2.90. The van der Waals surface area contributed by atoms with Crippen LogP contribution in [0.15, 0.2) is 36.7 Å². The van der Waals surface area contributed by atoms with E-state index in [0.29, 0.717) is 11.2 Å². The first kappa shape index (κ1) is 19.1. The van der Waals surface area contributed by atoms with Crippen molar-refractivity contribution in [1.29, 1.82) is 0 Å². The molecule has 8 heteroatoms. The second-order valence-corrected chi connectivity index (χ2v) is 7.27. The maximum atomic E-state index is 5.98. The van der Waals surface area contributed by atoms with Crippen LogP contribution < -0.4 is 10.1 Å². The number of aromatic nitrogens is 4. The van der Waals surface area contributed by atoms with E-state index < -0.39 is 0 Å². The third kappa shape index (κ3) is 4.79. The molecule has 3 aromatic rings. The predicted octanol–water partition coefficient (Wildman–Crippen LogP) is 3.33. The molecule has 148 valence electrons. The standard InChI is InChI=1S/C13H19N3O2.C7H5ClN2/c1-4-14-9-11(1)18-13-12(15-5-6-16-13)10-2-7-17-8-3-10;8-7-9-5-3-1-2-4-6(5)10-7/h5-6,10-11,14H,1-4,7-9H2;1-4H,(H,9,10)/t11-;/m0./s1. The lowest BCUT2D eigenvalue weighted by Gasteiger charge is -2.23. The van der Waals surface area contributed by atoms with Crippen LogP contribution in [0.1, 0.15) is 30.9 Å². The van der Waals surface area contributed by atoms with Gasteiger partial charge in [-0.2, -0.15) is 0 Å². The van der Waals surface area contributed by atoms with E-state index in [9.17, 15) is 0 Å². The first-order valence-electron chi connectivity index (χ1n) is 9.66. The van der Waals surface area contributed by atoms with E-state index in [0.717, 1.165) is 68.2 Å². The number of rotatable bonds is 3. The number of hydrogen-bond acceptors (Lipinski definition) is 6. The fourth-order valence-corrected chi connectivity index (χ4v) is 3.68. The Morgan fingerprint density at radius 3 is 2.68 bits per heavy atom. The second kappa shape index (κ2) is 9.32. The molecule has 2 saturated heterocycles. The summed E-state index contributed by atoms with van der Waals surface area (Å²) >= 11 is 5.62. The summed E-state index contributed by atoms with van der Waals surface area (Å²) < 4.78 is 11.4.